The number of rotatable bonds is 3. The van der Waals surface area contributed by atoms with Crippen molar-refractivity contribution in [3.63, 3.8) is 0 Å². The lowest BCUT2D eigenvalue weighted by Crippen LogP contribution is -2.24. The van der Waals surface area contributed by atoms with Crippen LogP contribution in [0.25, 0.3) is 0 Å². The van der Waals surface area contributed by atoms with E-state index in [9.17, 15) is 4.79 Å². The van der Waals surface area contributed by atoms with Crippen molar-refractivity contribution in [3.8, 4) is 0 Å². The molecule has 1 amide bonds. The molecule has 6 nitrogen and oxygen atoms in total. The molecule has 0 radical (unpaired) electrons. The Bertz CT molecular complexity index is 562. The predicted molar refractivity (Wildman–Crippen MR) is 64.2 cm³/mol. The van der Waals surface area contributed by atoms with Crippen molar-refractivity contribution in [2.75, 3.05) is 0 Å². The van der Waals surface area contributed by atoms with Gasteiger partial charge in [0.25, 0.3) is 5.91 Å². The van der Waals surface area contributed by atoms with Crippen LogP contribution >= 0.6 is 11.6 Å². The van der Waals surface area contributed by atoms with Gasteiger partial charge in [0.2, 0.25) is 11.2 Å². The van der Waals surface area contributed by atoms with Crippen LogP contribution in [0.1, 0.15) is 27.8 Å². The van der Waals surface area contributed by atoms with E-state index in [1.54, 1.807) is 26.1 Å². The van der Waals surface area contributed by atoms with Gasteiger partial charge in [-0.15, -0.1) is 0 Å². The second kappa shape index (κ2) is 5.14. The van der Waals surface area contributed by atoms with Crippen LogP contribution in [0.4, 0.5) is 0 Å². The lowest BCUT2D eigenvalue weighted by atomic mass is 10.3. The Balaban J connectivity index is 2.03. The lowest BCUT2D eigenvalue weighted by molar-refractivity contribution is 0.0942. The van der Waals surface area contributed by atoms with Crippen LogP contribution in [0, 0.1) is 13.8 Å². The van der Waals surface area contributed by atoms with Crippen molar-refractivity contribution in [1.82, 2.24) is 20.3 Å². The van der Waals surface area contributed by atoms with Crippen molar-refractivity contribution < 1.29 is 9.21 Å². The molecule has 0 aliphatic heterocycles. The van der Waals surface area contributed by atoms with E-state index in [-0.39, 0.29) is 23.4 Å². The normalized spacial score (nSPS) is 10.4. The van der Waals surface area contributed by atoms with E-state index < -0.39 is 0 Å². The number of hydrogen-bond donors (Lipinski definition) is 1. The molecule has 0 unspecified atom stereocenters. The first-order chi connectivity index (χ1) is 8.54. The van der Waals surface area contributed by atoms with Gasteiger partial charge in [0.1, 0.15) is 11.5 Å². The number of aryl methyl sites for hydroxylation is 2. The number of nitrogens with zero attached hydrogens (tertiary/aromatic N) is 3. The van der Waals surface area contributed by atoms with Gasteiger partial charge in [-0.1, -0.05) is 0 Å². The topological polar surface area (TPSA) is 80.9 Å². The smallest absolute Gasteiger partial charge is 0.270 e. The summed E-state index contributed by atoms with van der Waals surface area (Å²) in [7, 11) is 0. The Morgan fingerprint density at radius 2 is 2.22 bits per heavy atom. The number of amides is 1. The molecule has 7 heteroatoms. The van der Waals surface area contributed by atoms with Crippen molar-refractivity contribution in [2.24, 2.45) is 0 Å². The fourth-order valence-corrected chi connectivity index (χ4v) is 1.60. The molecule has 0 atom stereocenters. The highest BCUT2D eigenvalue weighted by molar-refractivity contribution is 6.28. The molecule has 18 heavy (non-hydrogen) atoms. The molecule has 0 aliphatic rings. The van der Waals surface area contributed by atoms with Crippen LogP contribution in [0.15, 0.2) is 16.7 Å². The van der Waals surface area contributed by atoms with Crippen molar-refractivity contribution in [3.05, 3.63) is 40.6 Å². The predicted octanol–water partition coefficient (Wildman–Crippen LogP) is 1.66. The first-order valence-electron chi connectivity index (χ1n) is 5.25. The number of nitrogens with one attached hydrogen (secondary N) is 1. The Hall–Kier alpha value is -1.95. The fourth-order valence-electron chi connectivity index (χ4n) is 1.38. The fraction of sp³-hybridized carbons (Fsp3) is 0.273. The van der Waals surface area contributed by atoms with E-state index >= 15 is 0 Å². The summed E-state index contributed by atoms with van der Waals surface area (Å²) in [5, 5.41) is 2.69. The van der Waals surface area contributed by atoms with Crippen LogP contribution in [0.3, 0.4) is 0 Å². The molecule has 0 fully saturated rings. The van der Waals surface area contributed by atoms with Crippen molar-refractivity contribution in [2.45, 2.75) is 20.4 Å². The Labute approximate surface area is 108 Å². The van der Waals surface area contributed by atoms with Crippen LogP contribution in [0.5, 0.6) is 0 Å². The maximum absolute atomic E-state index is 11.8. The van der Waals surface area contributed by atoms with Crippen molar-refractivity contribution in [1.29, 1.82) is 0 Å². The van der Waals surface area contributed by atoms with E-state index in [1.807, 2.05) is 0 Å². The molecule has 0 bridgehead atoms. The highest BCUT2D eigenvalue weighted by Crippen LogP contribution is 2.06. The summed E-state index contributed by atoms with van der Waals surface area (Å²) in [6, 6.07) is 1.56. The quantitative estimate of drug-likeness (QED) is 0.855. The Morgan fingerprint density at radius 3 is 2.83 bits per heavy atom. The summed E-state index contributed by atoms with van der Waals surface area (Å²) in [5.41, 5.74) is 0.850. The number of carbonyl (C=O) groups excluding carboxylic acids is 1. The summed E-state index contributed by atoms with van der Waals surface area (Å²) in [4.78, 5) is 23.5. The number of oxazole rings is 1. The second-order valence-corrected chi connectivity index (χ2v) is 4.05. The van der Waals surface area contributed by atoms with Gasteiger partial charge in [-0.3, -0.25) is 4.79 Å². The number of carbonyl (C=O) groups is 1. The average molecular weight is 267 g/mol. The Morgan fingerprint density at radius 1 is 1.44 bits per heavy atom. The first-order valence-corrected chi connectivity index (χ1v) is 5.63. The maximum atomic E-state index is 11.8. The van der Waals surface area contributed by atoms with Gasteiger partial charge in [0.15, 0.2) is 0 Å². The first kappa shape index (κ1) is 12.5. The molecular formula is C11H11ClN4O2. The largest absolute Gasteiger partial charge is 0.444 e. The van der Waals surface area contributed by atoms with E-state index in [0.717, 1.165) is 0 Å². The third kappa shape index (κ3) is 3.04. The molecule has 2 heterocycles. The van der Waals surface area contributed by atoms with E-state index in [1.165, 1.54) is 0 Å². The molecule has 94 valence electrons. The standard InChI is InChI=1S/C11H11ClN4O2/c1-6-3-8(16-11(12)15-6)10(17)14-5-9-13-4-7(2)18-9/h3-4H,5H2,1-2H3,(H,14,17). The van der Waals surface area contributed by atoms with Crippen LogP contribution < -0.4 is 5.32 Å². The molecule has 0 saturated heterocycles. The number of aromatic nitrogens is 3. The lowest BCUT2D eigenvalue weighted by Gasteiger charge is -2.03. The zero-order valence-electron chi connectivity index (χ0n) is 9.90. The van der Waals surface area contributed by atoms with Crippen molar-refractivity contribution >= 4 is 17.5 Å². The average Bonchev–Trinajstić information content (AvgIpc) is 2.70. The van der Waals surface area contributed by atoms with E-state index in [4.69, 9.17) is 16.0 Å². The minimum absolute atomic E-state index is 0.0483. The summed E-state index contributed by atoms with van der Waals surface area (Å²) >= 11 is 5.68. The SMILES string of the molecule is Cc1cc(C(=O)NCc2ncc(C)o2)nc(Cl)n1. The van der Waals surface area contributed by atoms with Gasteiger partial charge in [-0.05, 0) is 31.5 Å². The second-order valence-electron chi connectivity index (χ2n) is 3.71. The Kier molecular flexibility index (Phi) is 3.57. The molecule has 1 N–H and O–H groups in total. The molecule has 2 aromatic heterocycles. The monoisotopic (exact) mass is 266 g/mol. The summed E-state index contributed by atoms with van der Waals surface area (Å²) in [6.45, 7) is 3.72. The molecule has 0 aliphatic carbocycles. The number of hydrogen-bond acceptors (Lipinski definition) is 5. The van der Waals surface area contributed by atoms with Gasteiger partial charge >= 0.3 is 0 Å². The number of halogens is 1. The third-order valence-electron chi connectivity index (χ3n) is 2.13. The summed E-state index contributed by atoms with van der Waals surface area (Å²) in [5.74, 6) is 0.788. The summed E-state index contributed by atoms with van der Waals surface area (Å²) < 4.78 is 5.23. The van der Waals surface area contributed by atoms with Gasteiger partial charge in [-0.25, -0.2) is 15.0 Å². The van der Waals surface area contributed by atoms with Crippen LogP contribution in [-0.4, -0.2) is 20.9 Å². The van der Waals surface area contributed by atoms with E-state index in [0.29, 0.717) is 17.3 Å². The molecule has 2 rings (SSSR count). The molecule has 0 spiro atoms. The zero-order valence-corrected chi connectivity index (χ0v) is 10.7. The van der Waals surface area contributed by atoms with Crippen LogP contribution in [-0.2, 0) is 6.54 Å². The molecule has 2 aromatic rings. The van der Waals surface area contributed by atoms with E-state index in [2.05, 4.69) is 20.3 Å². The maximum Gasteiger partial charge on any atom is 0.270 e. The summed E-state index contributed by atoms with van der Waals surface area (Å²) in [6.07, 6.45) is 1.59. The molecular weight excluding hydrogens is 256 g/mol. The minimum Gasteiger partial charge on any atom is -0.444 e. The third-order valence-corrected chi connectivity index (χ3v) is 2.30. The molecule has 0 saturated carbocycles. The van der Waals surface area contributed by atoms with Gasteiger partial charge in [-0.2, -0.15) is 0 Å². The van der Waals surface area contributed by atoms with Gasteiger partial charge in [0, 0.05) is 5.69 Å². The van der Waals surface area contributed by atoms with Gasteiger partial charge in [0.05, 0.1) is 12.7 Å². The minimum atomic E-state index is -0.349. The highest BCUT2D eigenvalue weighted by Gasteiger charge is 2.10. The molecule has 0 aromatic carbocycles. The van der Waals surface area contributed by atoms with Gasteiger partial charge < -0.3 is 9.73 Å². The van der Waals surface area contributed by atoms with Crippen LogP contribution in [0.2, 0.25) is 5.28 Å². The zero-order chi connectivity index (χ0) is 13.1. The highest BCUT2D eigenvalue weighted by atomic mass is 35.5.